The summed E-state index contributed by atoms with van der Waals surface area (Å²) in [5.74, 6) is -0.402. The third-order valence-corrected chi connectivity index (χ3v) is 3.01. The second-order valence-corrected chi connectivity index (χ2v) is 4.30. The molecule has 96 valence electrons. The zero-order valence-electron chi connectivity index (χ0n) is 10.6. The molecule has 0 saturated heterocycles. The van der Waals surface area contributed by atoms with Crippen molar-refractivity contribution in [3.8, 4) is 6.07 Å². The molecule has 6 heteroatoms. The summed E-state index contributed by atoms with van der Waals surface area (Å²) in [6.07, 6.45) is 0.805. The van der Waals surface area contributed by atoms with Gasteiger partial charge in [-0.25, -0.2) is 4.79 Å². The average molecular weight is 248 g/mol. The molecule has 18 heavy (non-hydrogen) atoms. The maximum atomic E-state index is 11.8. The maximum Gasteiger partial charge on any atom is 0.359 e. The zero-order valence-corrected chi connectivity index (χ0v) is 10.6. The molecule has 0 spiro atoms. The first-order chi connectivity index (χ1) is 8.67. The lowest BCUT2D eigenvalue weighted by Crippen LogP contribution is -2.28. The summed E-state index contributed by atoms with van der Waals surface area (Å²) in [6.45, 7) is 3.85. The number of nitriles is 1. The van der Waals surface area contributed by atoms with Crippen molar-refractivity contribution in [3.63, 3.8) is 0 Å². The van der Waals surface area contributed by atoms with Gasteiger partial charge in [0.05, 0.1) is 12.7 Å². The van der Waals surface area contributed by atoms with Crippen LogP contribution in [0, 0.1) is 11.3 Å². The third-order valence-electron chi connectivity index (χ3n) is 3.01. The number of likely N-dealkylation sites (N-methyl/N-ethyl adjacent to an activating group) is 1. The van der Waals surface area contributed by atoms with E-state index in [4.69, 9.17) is 10.00 Å². The quantitative estimate of drug-likeness (QED) is 0.731. The third kappa shape index (κ3) is 2.22. The summed E-state index contributed by atoms with van der Waals surface area (Å²) in [7, 11) is 2.00. The van der Waals surface area contributed by atoms with Crippen molar-refractivity contribution in [1.82, 2.24) is 14.7 Å². The minimum atomic E-state index is -0.402. The zero-order chi connectivity index (χ0) is 13.1. The standard InChI is InChI=1S/C12H16N4O2/c1-3-18-12(17)11-9-8-15(2)6-4-10(9)16(14-11)7-5-13/h3-4,6-8H2,1-2H3. The Hall–Kier alpha value is -1.87. The predicted octanol–water partition coefficient (Wildman–Crippen LogP) is 0.571. The Bertz CT molecular complexity index is 501. The number of carbonyl (C=O) groups is 1. The first kappa shape index (κ1) is 12.6. The molecule has 2 rings (SSSR count). The number of aromatic nitrogens is 2. The molecule has 0 bridgehead atoms. The molecular formula is C12H16N4O2. The van der Waals surface area contributed by atoms with E-state index in [2.05, 4.69) is 16.1 Å². The molecule has 6 nitrogen and oxygen atoms in total. The summed E-state index contributed by atoms with van der Waals surface area (Å²) < 4.78 is 6.62. The van der Waals surface area contributed by atoms with Crippen LogP contribution in [0.2, 0.25) is 0 Å². The smallest absolute Gasteiger partial charge is 0.359 e. The van der Waals surface area contributed by atoms with E-state index in [9.17, 15) is 4.79 Å². The Morgan fingerprint density at radius 2 is 2.39 bits per heavy atom. The lowest BCUT2D eigenvalue weighted by Gasteiger charge is -2.23. The highest BCUT2D eigenvalue weighted by Gasteiger charge is 2.27. The summed E-state index contributed by atoms with van der Waals surface area (Å²) in [4.78, 5) is 14.0. The molecule has 0 saturated carbocycles. The van der Waals surface area contributed by atoms with Gasteiger partial charge in [0.2, 0.25) is 0 Å². The molecule has 1 aliphatic heterocycles. The van der Waals surface area contributed by atoms with E-state index in [0.717, 1.165) is 24.2 Å². The number of esters is 1. The Labute approximate surface area is 106 Å². The second kappa shape index (κ2) is 5.19. The van der Waals surface area contributed by atoms with Crippen molar-refractivity contribution < 1.29 is 9.53 Å². The molecule has 0 fully saturated rings. The molecule has 0 atom stereocenters. The van der Waals surface area contributed by atoms with Crippen molar-refractivity contribution in [2.75, 3.05) is 20.2 Å². The van der Waals surface area contributed by atoms with Crippen molar-refractivity contribution in [1.29, 1.82) is 5.26 Å². The number of hydrogen-bond acceptors (Lipinski definition) is 5. The van der Waals surface area contributed by atoms with Crippen LogP contribution in [0.15, 0.2) is 0 Å². The summed E-state index contributed by atoms with van der Waals surface area (Å²) >= 11 is 0. The van der Waals surface area contributed by atoms with Gasteiger partial charge in [-0.1, -0.05) is 0 Å². The molecule has 0 unspecified atom stereocenters. The van der Waals surface area contributed by atoms with E-state index in [1.165, 1.54) is 0 Å². The van der Waals surface area contributed by atoms with Crippen LogP contribution in [-0.2, 0) is 24.2 Å². The lowest BCUT2D eigenvalue weighted by atomic mass is 10.1. The Balaban J connectivity index is 2.41. The van der Waals surface area contributed by atoms with Crippen LogP contribution in [0.1, 0.15) is 28.7 Å². The number of nitrogens with zero attached hydrogens (tertiary/aromatic N) is 4. The molecule has 0 amide bonds. The summed E-state index contributed by atoms with van der Waals surface area (Å²) in [5.41, 5.74) is 2.24. The molecule has 0 radical (unpaired) electrons. The van der Waals surface area contributed by atoms with Gasteiger partial charge in [-0.05, 0) is 14.0 Å². The highest BCUT2D eigenvalue weighted by Crippen LogP contribution is 2.22. The van der Waals surface area contributed by atoms with Crippen molar-refractivity contribution in [2.24, 2.45) is 0 Å². The van der Waals surface area contributed by atoms with Crippen LogP contribution in [0.4, 0.5) is 0 Å². The summed E-state index contributed by atoms with van der Waals surface area (Å²) in [5, 5.41) is 13.0. The van der Waals surface area contributed by atoms with Gasteiger partial charge in [0, 0.05) is 30.8 Å². The number of ether oxygens (including phenoxy) is 1. The minimum absolute atomic E-state index is 0.172. The van der Waals surface area contributed by atoms with Crippen LogP contribution in [0.25, 0.3) is 0 Å². The van der Waals surface area contributed by atoms with Crippen LogP contribution in [0.3, 0.4) is 0 Å². The fraction of sp³-hybridized carbons (Fsp3) is 0.583. The molecule has 1 aromatic rings. The van der Waals surface area contributed by atoms with Crippen molar-refractivity contribution in [3.05, 3.63) is 17.0 Å². The van der Waals surface area contributed by atoms with Gasteiger partial charge in [0.15, 0.2) is 5.69 Å². The molecule has 2 heterocycles. The normalized spacial score (nSPS) is 14.9. The fourth-order valence-electron chi connectivity index (χ4n) is 2.19. The fourth-order valence-corrected chi connectivity index (χ4v) is 2.19. The maximum absolute atomic E-state index is 11.8. The largest absolute Gasteiger partial charge is 0.461 e. The monoisotopic (exact) mass is 248 g/mol. The van der Waals surface area contributed by atoms with E-state index < -0.39 is 5.97 Å². The van der Waals surface area contributed by atoms with Gasteiger partial charge in [0.1, 0.15) is 6.54 Å². The van der Waals surface area contributed by atoms with Gasteiger partial charge in [-0.15, -0.1) is 0 Å². The molecular weight excluding hydrogens is 232 g/mol. The number of fused-ring (bicyclic) bond motifs is 1. The van der Waals surface area contributed by atoms with Gasteiger partial charge in [0.25, 0.3) is 0 Å². The topological polar surface area (TPSA) is 71.1 Å². The molecule has 0 aromatic carbocycles. The highest BCUT2D eigenvalue weighted by atomic mass is 16.5. The Morgan fingerprint density at radius 1 is 1.61 bits per heavy atom. The highest BCUT2D eigenvalue weighted by molar-refractivity contribution is 5.89. The van der Waals surface area contributed by atoms with Crippen molar-refractivity contribution >= 4 is 5.97 Å². The van der Waals surface area contributed by atoms with E-state index in [1.54, 1.807) is 11.6 Å². The molecule has 1 aliphatic rings. The molecule has 0 aliphatic carbocycles. The average Bonchev–Trinajstić information content (AvgIpc) is 2.68. The van der Waals surface area contributed by atoms with Gasteiger partial charge in [-0.3, -0.25) is 4.68 Å². The van der Waals surface area contributed by atoms with E-state index in [0.29, 0.717) is 18.8 Å². The minimum Gasteiger partial charge on any atom is -0.461 e. The lowest BCUT2D eigenvalue weighted by molar-refractivity contribution is 0.0516. The van der Waals surface area contributed by atoms with Crippen LogP contribution in [-0.4, -0.2) is 40.8 Å². The second-order valence-electron chi connectivity index (χ2n) is 4.30. The SMILES string of the molecule is CCOC(=O)c1nn(CC#N)c2c1CN(C)CC2. The van der Waals surface area contributed by atoms with Crippen LogP contribution in [0.5, 0.6) is 0 Å². The van der Waals surface area contributed by atoms with Gasteiger partial charge in [-0.2, -0.15) is 10.4 Å². The van der Waals surface area contributed by atoms with Crippen LogP contribution < -0.4 is 0 Å². The Morgan fingerprint density at radius 3 is 3.06 bits per heavy atom. The first-order valence-electron chi connectivity index (χ1n) is 5.98. The van der Waals surface area contributed by atoms with Gasteiger partial charge < -0.3 is 9.64 Å². The first-order valence-corrected chi connectivity index (χ1v) is 5.98. The van der Waals surface area contributed by atoms with E-state index in [1.807, 2.05) is 7.05 Å². The van der Waals surface area contributed by atoms with Gasteiger partial charge >= 0.3 is 5.97 Å². The van der Waals surface area contributed by atoms with E-state index >= 15 is 0 Å². The Kier molecular flexibility index (Phi) is 3.63. The van der Waals surface area contributed by atoms with Crippen LogP contribution >= 0.6 is 0 Å². The number of carbonyl (C=O) groups excluding carboxylic acids is 1. The number of rotatable bonds is 3. The predicted molar refractivity (Wildman–Crippen MR) is 63.8 cm³/mol. The van der Waals surface area contributed by atoms with E-state index in [-0.39, 0.29) is 6.54 Å². The number of hydrogen-bond donors (Lipinski definition) is 0. The molecule has 0 N–H and O–H groups in total. The van der Waals surface area contributed by atoms with Crippen molar-refractivity contribution in [2.45, 2.75) is 26.4 Å². The molecule has 1 aromatic heterocycles. The summed E-state index contributed by atoms with van der Waals surface area (Å²) in [6, 6.07) is 2.06.